The van der Waals surface area contributed by atoms with Crippen molar-refractivity contribution in [1.82, 2.24) is 4.98 Å². The van der Waals surface area contributed by atoms with Crippen LogP contribution in [0.15, 0.2) is 30.3 Å². The third-order valence-corrected chi connectivity index (χ3v) is 3.63. The monoisotopic (exact) mass is 283 g/mol. The van der Waals surface area contributed by atoms with Gasteiger partial charge in [-0.2, -0.15) is 5.26 Å². The van der Waals surface area contributed by atoms with Crippen LogP contribution in [-0.4, -0.2) is 30.3 Å². The van der Waals surface area contributed by atoms with Crippen LogP contribution in [0.2, 0.25) is 0 Å². The lowest BCUT2D eigenvalue weighted by Crippen LogP contribution is -2.37. The third kappa shape index (κ3) is 3.13. The summed E-state index contributed by atoms with van der Waals surface area (Å²) in [6.45, 7) is 1.06. The first-order valence-corrected chi connectivity index (χ1v) is 7.06. The van der Waals surface area contributed by atoms with Gasteiger partial charge in [-0.15, -0.1) is 0 Å². The highest BCUT2D eigenvalue weighted by Crippen LogP contribution is 2.25. The topological polar surface area (TPSA) is 81.2 Å². The number of hydrogen-bond acceptors (Lipinski definition) is 5. The summed E-state index contributed by atoms with van der Waals surface area (Å²) in [6.07, 6.45) is 1.93. The van der Waals surface area contributed by atoms with Gasteiger partial charge >= 0.3 is 0 Å². The van der Waals surface area contributed by atoms with Crippen LogP contribution in [0, 0.1) is 11.3 Å². The second-order valence-electron chi connectivity index (χ2n) is 5.24. The zero-order valence-electron chi connectivity index (χ0n) is 11.7. The van der Waals surface area contributed by atoms with E-state index < -0.39 is 0 Å². The molecule has 5 heteroatoms. The number of nitrogens with zero attached hydrogens (tertiary/aromatic N) is 2. The van der Waals surface area contributed by atoms with Crippen LogP contribution in [0.5, 0.6) is 5.75 Å². The Morgan fingerprint density at radius 3 is 3.00 bits per heavy atom. The van der Waals surface area contributed by atoms with Crippen LogP contribution in [0.4, 0.5) is 0 Å². The number of ether oxygens (including phenoxy) is 2. The Labute approximate surface area is 123 Å². The second kappa shape index (κ2) is 6.08. The lowest BCUT2D eigenvalue weighted by Gasteiger charge is -2.26. The molecule has 1 aromatic heterocycles. The van der Waals surface area contributed by atoms with Gasteiger partial charge < -0.3 is 15.2 Å². The first kappa shape index (κ1) is 13.8. The molecule has 0 saturated carbocycles. The summed E-state index contributed by atoms with van der Waals surface area (Å²) in [5.41, 5.74) is 6.90. The Kier molecular flexibility index (Phi) is 4.00. The maximum atomic E-state index is 8.96. The number of nitriles is 1. The first-order valence-electron chi connectivity index (χ1n) is 7.06. The Balaban J connectivity index is 1.76. The van der Waals surface area contributed by atoms with Gasteiger partial charge in [0.15, 0.2) is 0 Å². The molecule has 1 aromatic carbocycles. The van der Waals surface area contributed by atoms with E-state index in [4.69, 9.17) is 20.5 Å². The molecule has 1 saturated heterocycles. The van der Waals surface area contributed by atoms with Crippen LogP contribution in [0.25, 0.3) is 10.9 Å². The molecule has 5 nitrogen and oxygen atoms in total. The van der Waals surface area contributed by atoms with E-state index in [2.05, 4.69) is 11.1 Å². The van der Waals surface area contributed by atoms with Gasteiger partial charge in [-0.3, -0.25) is 0 Å². The fourth-order valence-electron chi connectivity index (χ4n) is 2.44. The molecular formula is C16H17N3O2. The van der Waals surface area contributed by atoms with Crippen LogP contribution >= 0.6 is 0 Å². The van der Waals surface area contributed by atoms with Crippen molar-refractivity contribution in [3.63, 3.8) is 0 Å². The number of fused-ring (bicyclic) bond motifs is 1. The first-order chi connectivity index (χ1) is 10.3. The van der Waals surface area contributed by atoms with Crippen LogP contribution in [0.1, 0.15) is 18.5 Å². The maximum Gasteiger partial charge on any atom is 0.145 e. The van der Waals surface area contributed by atoms with Crippen LogP contribution < -0.4 is 10.5 Å². The van der Waals surface area contributed by atoms with Crippen LogP contribution in [-0.2, 0) is 4.74 Å². The predicted octanol–water partition coefficient (Wildman–Crippen LogP) is 1.99. The quantitative estimate of drug-likeness (QED) is 0.931. The zero-order chi connectivity index (χ0) is 14.7. The van der Waals surface area contributed by atoms with E-state index in [1.807, 2.05) is 24.3 Å². The molecule has 0 bridgehead atoms. The van der Waals surface area contributed by atoms with Gasteiger partial charge in [0.2, 0.25) is 0 Å². The minimum atomic E-state index is 0.0687. The molecule has 1 fully saturated rings. The summed E-state index contributed by atoms with van der Waals surface area (Å²) in [7, 11) is 0. The minimum absolute atomic E-state index is 0.0687. The third-order valence-electron chi connectivity index (χ3n) is 3.63. The van der Waals surface area contributed by atoms with Gasteiger partial charge in [-0.05, 0) is 31.0 Å². The predicted molar refractivity (Wildman–Crippen MR) is 78.9 cm³/mol. The number of aromatic nitrogens is 1. The molecule has 2 atom stereocenters. The molecule has 108 valence electrons. The smallest absolute Gasteiger partial charge is 0.145 e. The van der Waals surface area contributed by atoms with Crippen LogP contribution in [0.3, 0.4) is 0 Å². The highest BCUT2D eigenvalue weighted by Gasteiger charge is 2.19. The van der Waals surface area contributed by atoms with Crippen molar-refractivity contribution in [3.8, 4) is 11.8 Å². The molecule has 0 radical (unpaired) electrons. The largest absolute Gasteiger partial charge is 0.489 e. The fraction of sp³-hybridized carbons (Fsp3) is 0.375. The molecule has 1 aliphatic heterocycles. The Morgan fingerprint density at radius 2 is 2.24 bits per heavy atom. The Morgan fingerprint density at radius 1 is 1.33 bits per heavy atom. The van der Waals surface area contributed by atoms with Crippen molar-refractivity contribution < 1.29 is 9.47 Å². The number of hydrogen-bond donors (Lipinski definition) is 1. The number of para-hydroxylation sites is 1. The van der Waals surface area contributed by atoms with Crippen molar-refractivity contribution in [2.75, 3.05) is 13.2 Å². The van der Waals surface area contributed by atoms with Gasteiger partial charge in [0, 0.05) is 11.4 Å². The van der Waals surface area contributed by atoms with Gasteiger partial charge in [-0.25, -0.2) is 4.98 Å². The molecule has 2 aromatic rings. The molecule has 0 spiro atoms. The van der Waals surface area contributed by atoms with Gasteiger partial charge in [0.25, 0.3) is 0 Å². The molecular weight excluding hydrogens is 266 g/mol. The molecule has 2 unspecified atom stereocenters. The molecule has 0 aliphatic carbocycles. The second-order valence-corrected chi connectivity index (χ2v) is 5.24. The number of benzene rings is 1. The van der Waals surface area contributed by atoms with Crippen molar-refractivity contribution in [1.29, 1.82) is 5.26 Å². The SMILES string of the molecule is N#Cc1ccc2cccc(OCC3CCC(N)CO3)c2n1. The minimum Gasteiger partial charge on any atom is -0.489 e. The maximum absolute atomic E-state index is 8.96. The summed E-state index contributed by atoms with van der Waals surface area (Å²) in [6, 6.07) is 11.5. The summed E-state index contributed by atoms with van der Waals surface area (Å²) >= 11 is 0. The van der Waals surface area contributed by atoms with E-state index in [0.717, 1.165) is 18.2 Å². The van der Waals surface area contributed by atoms with Gasteiger partial charge in [0.1, 0.15) is 29.6 Å². The number of rotatable bonds is 3. The number of nitrogens with two attached hydrogens (primary N) is 1. The van der Waals surface area contributed by atoms with Crippen molar-refractivity contribution in [2.45, 2.75) is 25.0 Å². The molecule has 3 rings (SSSR count). The molecule has 1 aliphatic rings. The zero-order valence-corrected chi connectivity index (χ0v) is 11.7. The average molecular weight is 283 g/mol. The van der Waals surface area contributed by atoms with Crippen molar-refractivity contribution in [2.24, 2.45) is 5.73 Å². The molecule has 21 heavy (non-hydrogen) atoms. The Hall–Kier alpha value is -2.16. The van der Waals surface area contributed by atoms with E-state index in [-0.39, 0.29) is 12.1 Å². The summed E-state index contributed by atoms with van der Waals surface area (Å²) in [4.78, 5) is 4.32. The fourth-order valence-corrected chi connectivity index (χ4v) is 2.44. The van der Waals surface area contributed by atoms with Crippen molar-refractivity contribution >= 4 is 10.9 Å². The van der Waals surface area contributed by atoms with Gasteiger partial charge in [0.05, 0.1) is 12.7 Å². The standard InChI is InChI=1S/C16H17N3O2/c17-8-13-6-4-11-2-1-3-15(16(11)19-13)21-10-14-7-5-12(18)9-20-14/h1-4,6,12,14H,5,7,9-10,18H2. The lowest BCUT2D eigenvalue weighted by molar-refractivity contribution is -0.0194. The normalized spacial score (nSPS) is 21.9. The lowest BCUT2D eigenvalue weighted by atomic mass is 10.1. The summed E-state index contributed by atoms with van der Waals surface area (Å²) < 4.78 is 11.5. The van der Waals surface area contributed by atoms with E-state index >= 15 is 0 Å². The highest BCUT2D eigenvalue weighted by molar-refractivity contribution is 5.84. The van der Waals surface area contributed by atoms with Crippen molar-refractivity contribution in [3.05, 3.63) is 36.0 Å². The molecule has 2 N–H and O–H groups in total. The van der Waals surface area contributed by atoms with E-state index in [1.54, 1.807) is 6.07 Å². The van der Waals surface area contributed by atoms with E-state index in [1.165, 1.54) is 0 Å². The van der Waals surface area contributed by atoms with Gasteiger partial charge in [-0.1, -0.05) is 12.1 Å². The van der Waals surface area contributed by atoms with E-state index in [9.17, 15) is 0 Å². The van der Waals surface area contributed by atoms with E-state index in [0.29, 0.717) is 30.2 Å². The summed E-state index contributed by atoms with van der Waals surface area (Å²) in [5, 5.41) is 9.92. The molecule has 0 amide bonds. The number of pyridine rings is 1. The summed E-state index contributed by atoms with van der Waals surface area (Å²) in [5.74, 6) is 0.683. The molecule has 2 heterocycles. The average Bonchev–Trinajstić information content (AvgIpc) is 2.54. The Bertz CT molecular complexity index is 673. The highest BCUT2D eigenvalue weighted by atomic mass is 16.5.